The molecule has 2 heterocycles. The number of hydrogen-bond donors (Lipinski definition) is 2. The lowest BCUT2D eigenvalue weighted by molar-refractivity contribution is -0.119. The molecule has 12 heteroatoms. The van der Waals surface area contributed by atoms with E-state index < -0.39 is 52.0 Å². The van der Waals surface area contributed by atoms with E-state index in [0.29, 0.717) is 12.1 Å². The van der Waals surface area contributed by atoms with Gasteiger partial charge in [-0.3, -0.25) is 14.5 Å². The first kappa shape index (κ1) is 22.8. The molecule has 0 aliphatic carbocycles. The maximum atomic E-state index is 15.2. The third-order valence-electron chi connectivity index (χ3n) is 5.23. The monoisotopic (exact) mass is 475 g/mol. The van der Waals surface area contributed by atoms with Crippen molar-refractivity contribution in [3.8, 4) is 5.69 Å². The van der Waals surface area contributed by atoms with Crippen LogP contribution in [0.3, 0.4) is 0 Å². The first-order valence-electron chi connectivity index (χ1n) is 9.87. The van der Waals surface area contributed by atoms with Crippen molar-refractivity contribution in [2.24, 2.45) is 0 Å². The molecule has 1 aliphatic heterocycles. The number of halogens is 3. The highest BCUT2D eigenvalue weighted by atomic mass is 19.2. The smallest absolute Gasteiger partial charge is 0.414 e. The van der Waals surface area contributed by atoms with E-state index in [9.17, 15) is 33.1 Å². The predicted molar refractivity (Wildman–Crippen MR) is 113 cm³/mol. The Kier molecular flexibility index (Phi) is 5.73. The molecule has 176 valence electrons. The molecule has 4 rings (SSSR count). The number of carboxylic acid groups (broad SMARTS) is 1. The van der Waals surface area contributed by atoms with E-state index in [1.54, 1.807) is 0 Å². The Bertz CT molecular complexity index is 1420. The number of hydrogen-bond acceptors (Lipinski definition) is 5. The van der Waals surface area contributed by atoms with E-state index in [0.717, 1.165) is 21.7 Å². The summed E-state index contributed by atoms with van der Waals surface area (Å²) in [5.74, 6) is -5.56. The number of cyclic esters (lactones) is 1. The van der Waals surface area contributed by atoms with Crippen LogP contribution in [0.4, 0.5) is 23.7 Å². The molecule has 0 radical (unpaired) electrons. The molecule has 1 fully saturated rings. The van der Waals surface area contributed by atoms with Crippen molar-refractivity contribution in [3.63, 3.8) is 0 Å². The second-order valence-corrected chi connectivity index (χ2v) is 7.52. The number of amides is 2. The molecule has 1 saturated heterocycles. The summed E-state index contributed by atoms with van der Waals surface area (Å²) in [5.41, 5.74) is -2.25. The number of aromatic nitrogens is 1. The Morgan fingerprint density at radius 2 is 1.82 bits per heavy atom. The Morgan fingerprint density at radius 1 is 1.12 bits per heavy atom. The topological polar surface area (TPSA) is 118 Å². The van der Waals surface area contributed by atoms with Gasteiger partial charge in [-0.05, 0) is 24.3 Å². The fourth-order valence-electron chi connectivity index (χ4n) is 3.63. The van der Waals surface area contributed by atoms with Gasteiger partial charge in [-0.15, -0.1) is 0 Å². The maximum Gasteiger partial charge on any atom is 0.414 e. The summed E-state index contributed by atoms with van der Waals surface area (Å²) < 4.78 is 48.9. The fourth-order valence-corrected chi connectivity index (χ4v) is 3.63. The highest BCUT2D eigenvalue weighted by Gasteiger charge is 2.33. The van der Waals surface area contributed by atoms with Crippen LogP contribution in [0.5, 0.6) is 0 Å². The van der Waals surface area contributed by atoms with Gasteiger partial charge in [0.25, 0.3) is 0 Å². The molecule has 9 nitrogen and oxygen atoms in total. The number of carbonyl (C=O) groups excluding carboxylic acids is 2. The van der Waals surface area contributed by atoms with Gasteiger partial charge in [0.1, 0.15) is 17.5 Å². The third kappa shape index (κ3) is 4.05. The van der Waals surface area contributed by atoms with Crippen molar-refractivity contribution in [3.05, 3.63) is 69.8 Å². The number of carboxylic acids is 1. The van der Waals surface area contributed by atoms with Gasteiger partial charge in [0.15, 0.2) is 11.6 Å². The molecule has 1 atom stereocenters. The number of benzene rings is 2. The van der Waals surface area contributed by atoms with Crippen LogP contribution >= 0.6 is 0 Å². The fraction of sp³-hybridized carbons (Fsp3) is 0.182. The highest BCUT2D eigenvalue weighted by Crippen LogP contribution is 2.28. The molecule has 1 aliphatic rings. The first-order valence-corrected chi connectivity index (χ1v) is 9.87. The number of pyridine rings is 1. The van der Waals surface area contributed by atoms with Crippen molar-refractivity contribution < 1.29 is 37.4 Å². The lowest BCUT2D eigenvalue weighted by Gasteiger charge is -2.17. The summed E-state index contributed by atoms with van der Waals surface area (Å²) in [6.45, 7) is 1.41. The summed E-state index contributed by atoms with van der Waals surface area (Å²) in [6.07, 6.45) is -0.601. The second kappa shape index (κ2) is 8.54. The van der Waals surface area contributed by atoms with Crippen LogP contribution in [-0.4, -0.2) is 46.8 Å². The van der Waals surface area contributed by atoms with Gasteiger partial charge in [0, 0.05) is 19.2 Å². The maximum absolute atomic E-state index is 15.2. The van der Waals surface area contributed by atoms with Crippen molar-refractivity contribution in [1.29, 1.82) is 0 Å². The van der Waals surface area contributed by atoms with Gasteiger partial charge in [-0.2, -0.15) is 0 Å². The van der Waals surface area contributed by atoms with Crippen LogP contribution in [0.1, 0.15) is 17.3 Å². The average Bonchev–Trinajstić information content (AvgIpc) is 3.14. The largest absolute Gasteiger partial charge is 0.477 e. The van der Waals surface area contributed by atoms with Crippen molar-refractivity contribution in [1.82, 2.24) is 9.88 Å². The van der Waals surface area contributed by atoms with Crippen molar-refractivity contribution in [2.45, 2.75) is 13.0 Å². The highest BCUT2D eigenvalue weighted by molar-refractivity contribution is 5.93. The number of nitrogens with one attached hydrogen (secondary N) is 1. The minimum atomic E-state index is -1.63. The molecule has 1 aromatic heterocycles. The number of ether oxygens (including phenoxy) is 1. The van der Waals surface area contributed by atoms with E-state index in [4.69, 9.17) is 4.74 Å². The molecule has 34 heavy (non-hydrogen) atoms. The van der Waals surface area contributed by atoms with E-state index in [1.165, 1.54) is 19.1 Å². The number of nitrogens with zero attached hydrogens (tertiary/aromatic N) is 2. The second-order valence-electron chi connectivity index (χ2n) is 7.52. The first-order chi connectivity index (χ1) is 16.1. The minimum Gasteiger partial charge on any atom is -0.477 e. The standard InChI is InChI=1S/C22H16F3N3O6/c1-10(29)26-7-12-8-27(22(33)34-12)11-2-3-18(17(25)4-11)28-9-14(21(31)32)20(30)13-5-15(23)16(24)6-19(13)28/h2-6,9,12H,7-8H2,1H3,(H,26,29)(H,31,32). The summed E-state index contributed by atoms with van der Waals surface area (Å²) >= 11 is 0. The molecular weight excluding hydrogens is 459 g/mol. The molecule has 2 N–H and O–H groups in total. The average molecular weight is 475 g/mol. The van der Waals surface area contributed by atoms with Gasteiger partial charge in [-0.1, -0.05) is 0 Å². The van der Waals surface area contributed by atoms with Crippen molar-refractivity contribution >= 4 is 34.6 Å². The third-order valence-corrected chi connectivity index (χ3v) is 5.23. The molecule has 0 spiro atoms. The molecule has 2 amide bonds. The quantitative estimate of drug-likeness (QED) is 0.586. The van der Waals surface area contributed by atoms with Crippen LogP contribution < -0.4 is 15.6 Å². The van der Waals surface area contributed by atoms with Crippen LogP contribution in [0.2, 0.25) is 0 Å². The zero-order chi connectivity index (χ0) is 24.7. The number of aromatic carboxylic acids is 1. The van der Waals surface area contributed by atoms with Crippen LogP contribution in [0.25, 0.3) is 16.6 Å². The van der Waals surface area contributed by atoms with Crippen LogP contribution in [-0.2, 0) is 9.53 Å². The molecule has 2 aromatic carbocycles. The van der Waals surface area contributed by atoms with Gasteiger partial charge >= 0.3 is 12.1 Å². The molecule has 0 bridgehead atoms. The normalized spacial score (nSPS) is 15.5. The summed E-state index contributed by atoms with van der Waals surface area (Å²) in [6, 6.07) is 4.72. The zero-order valence-corrected chi connectivity index (χ0v) is 17.5. The Labute approximate surface area is 189 Å². The Hall–Kier alpha value is -4.35. The number of carbonyl (C=O) groups is 3. The number of anilines is 1. The lowest BCUT2D eigenvalue weighted by atomic mass is 10.1. The van der Waals surface area contributed by atoms with E-state index in [1.807, 2.05) is 0 Å². The SMILES string of the molecule is CC(=O)NCC1CN(c2ccc(-n3cc(C(=O)O)c(=O)c4cc(F)c(F)cc43)c(F)c2)C(=O)O1. The number of fused-ring (bicyclic) bond motifs is 1. The number of rotatable bonds is 5. The minimum absolute atomic E-state index is 0.0342. The molecular formula is C22H16F3N3O6. The summed E-state index contributed by atoms with van der Waals surface area (Å²) in [5, 5.41) is 11.4. The Balaban J connectivity index is 1.77. The van der Waals surface area contributed by atoms with Gasteiger partial charge in [-0.25, -0.2) is 22.8 Å². The lowest BCUT2D eigenvalue weighted by Crippen LogP contribution is -2.33. The van der Waals surface area contributed by atoms with Crippen molar-refractivity contribution in [2.75, 3.05) is 18.0 Å². The predicted octanol–water partition coefficient (Wildman–Crippen LogP) is 2.57. The summed E-state index contributed by atoms with van der Waals surface area (Å²) in [7, 11) is 0. The van der Waals surface area contributed by atoms with Gasteiger partial charge < -0.3 is 19.7 Å². The van der Waals surface area contributed by atoms with Crippen LogP contribution in [0, 0.1) is 17.5 Å². The molecule has 3 aromatic rings. The van der Waals surface area contributed by atoms with E-state index in [2.05, 4.69) is 5.32 Å². The molecule has 1 unspecified atom stereocenters. The van der Waals surface area contributed by atoms with Gasteiger partial charge in [0.05, 0.1) is 35.4 Å². The van der Waals surface area contributed by atoms with Crippen LogP contribution in [0.15, 0.2) is 41.3 Å². The van der Waals surface area contributed by atoms with E-state index >= 15 is 4.39 Å². The Morgan fingerprint density at radius 3 is 2.47 bits per heavy atom. The molecule has 0 saturated carbocycles. The van der Waals surface area contributed by atoms with E-state index in [-0.39, 0.29) is 35.9 Å². The summed E-state index contributed by atoms with van der Waals surface area (Å²) in [4.78, 5) is 48.3. The zero-order valence-electron chi connectivity index (χ0n) is 17.5. The van der Waals surface area contributed by atoms with Gasteiger partial charge in [0.2, 0.25) is 11.3 Å².